The van der Waals surface area contributed by atoms with Gasteiger partial charge in [-0.25, -0.2) is 0 Å². The first kappa shape index (κ1) is 30.5. The van der Waals surface area contributed by atoms with Gasteiger partial charge in [-0.15, -0.1) is 0 Å². The molecule has 0 fully saturated rings. The zero-order valence-corrected chi connectivity index (χ0v) is 30.9. The van der Waals surface area contributed by atoms with E-state index in [0.29, 0.717) is 0 Å². The number of fused-ring (bicyclic) bond motifs is 7. The van der Waals surface area contributed by atoms with Gasteiger partial charge in [0.1, 0.15) is 0 Å². The third-order valence-corrected chi connectivity index (χ3v) is 13.3. The van der Waals surface area contributed by atoms with Gasteiger partial charge in [0.25, 0.3) is 0 Å². The van der Waals surface area contributed by atoms with E-state index in [9.17, 15) is 0 Å². The molecular weight excluding hydrogens is 712 g/mol. The first-order chi connectivity index (χ1) is 26.1. The van der Waals surface area contributed by atoms with E-state index in [-0.39, 0.29) is 14.5 Å². The van der Waals surface area contributed by atoms with Gasteiger partial charge in [0, 0.05) is 0 Å². The summed E-state index contributed by atoms with van der Waals surface area (Å²) < 4.78 is 15.4. The minimum atomic E-state index is 0.196. The summed E-state index contributed by atoms with van der Waals surface area (Å²) >= 11 is 0.196. The summed E-state index contributed by atoms with van der Waals surface area (Å²) in [4.78, 5) is 0. The van der Waals surface area contributed by atoms with Crippen molar-refractivity contribution < 1.29 is 8.83 Å². The van der Waals surface area contributed by atoms with Crippen LogP contribution in [0.3, 0.4) is 0 Å². The zero-order chi connectivity index (χ0) is 35.2. The van der Waals surface area contributed by atoms with Crippen LogP contribution in [0, 0.1) is 13.8 Å². The molecule has 0 unspecified atom stereocenters. The molecule has 0 saturated heterocycles. The van der Waals surface area contributed by atoms with Crippen LogP contribution in [0.15, 0.2) is 167 Å². The van der Waals surface area contributed by atoms with Gasteiger partial charge in [-0.05, 0) is 0 Å². The van der Waals surface area contributed by atoms with Crippen LogP contribution in [-0.2, 0) is 0 Å². The van der Waals surface area contributed by atoms with Crippen molar-refractivity contribution in [3.63, 3.8) is 0 Å². The number of hydrogen-bond acceptors (Lipinski definition) is 2. The molecule has 0 aliphatic heterocycles. The fraction of sp³-hybridized carbons (Fsp3) is 0.0400. The zero-order valence-electron chi connectivity index (χ0n) is 29.2. The molecule has 11 rings (SSSR count). The normalized spacial score (nSPS) is 12.0. The van der Waals surface area contributed by atoms with E-state index in [4.69, 9.17) is 8.83 Å². The average molecular weight is 744 g/mol. The van der Waals surface area contributed by atoms with E-state index in [1.165, 1.54) is 84.6 Å². The Kier molecular flexibility index (Phi) is 6.73. The topological polar surface area (TPSA) is 26.3 Å². The molecule has 0 bridgehead atoms. The van der Waals surface area contributed by atoms with Gasteiger partial charge >= 0.3 is 314 Å². The van der Waals surface area contributed by atoms with E-state index in [2.05, 4.69) is 158 Å². The van der Waals surface area contributed by atoms with Crippen molar-refractivity contribution in [2.45, 2.75) is 13.8 Å². The Bertz CT molecular complexity index is 3150. The van der Waals surface area contributed by atoms with Crippen LogP contribution in [0.2, 0.25) is 0 Å². The summed E-state index contributed by atoms with van der Waals surface area (Å²) in [6.45, 7) is 4.03. The average Bonchev–Trinajstić information content (AvgIpc) is 3.93. The predicted octanol–water partition coefficient (Wildman–Crippen LogP) is 14.1. The molecule has 3 aromatic heterocycles. The van der Waals surface area contributed by atoms with Crippen molar-refractivity contribution in [1.82, 2.24) is 0 Å². The Hall–Kier alpha value is -6.12. The second kappa shape index (κ2) is 11.7. The molecule has 0 aliphatic carbocycles. The molecule has 0 amide bonds. The SMILES string of the molecule is Cc1ccc(-c2c3ccccc3c(-c3ccc4[se]c5cccc(-c6c7ccccc7c(-c7ccc(C)o7)c7ccccc67)c5c4c3)c3ccccc23)o1. The molecule has 3 heterocycles. The second-order valence-corrected chi connectivity index (χ2v) is 16.3. The molecule has 0 aliphatic rings. The molecular formula is C50H32O2Se. The molecule has 0 spiro atoms. The maximum absolute atomic E-state index is 6.30. The van der Waals surface area contributed by atoms with Gasteiger partial charge < -0.3 is 0 Å². The van der Waals surface area contributed by atoms with Crippen molar-refractivity contribution in [1.29, 1.82) is 0 Å². The van der Waals surface area contributed by atoms with E-state index in [1.807, 2.05) is 13.8 Å². The van der Waals surface area contributed by atoms with E-state index in [0.717, 1.165) is 34.2 Å². The molecule has 0 radical (unpaired) electrons. The first-order valence-corrected chi connectivity index (χ1v) is 19.8. The Morgan fingerprint density at radius 1 is 0.358 bits per heavy atom. The van der Waals surface area contributed by atoms with Crippen LogP contribution in [0.5, 0.6) is 0 Å². The molecule has 11 aromatic rings. The molecule has 8 aromatic carbocycles. The Labute approximate surface area is 312 Å². The second-order valence-electron chi connectivity index (χ2n) is 14.0. The first-order valence-electron chi connectivity index (χ1n) is 18.1. The summed E-state index contributed by atoms with van der Waals surface area (Å²) in [7, 11) is 0. The summed E-state index contributed by atoms with van der Waals surface area (Å²) in [5.74, 6) is 3.65. The van der Waals surface area contributed by atoms with Crippen LogP contribution in [-0.4, -0.2) is 14.5 Å². The number of hydrogen-bond donors (Lipinski definition) is 0. The predicted molar refractivity (Wildman–Crippen MR) is 224 cm³/mol. The van der Waals surface area contributed by atoms with Crippen LogP contribution in [0.25, 0.3) is 107 Å². The Morgan fingerprint density at radius 3 is 1.26 bits per heavy atom. The number of rotatable bonds is 4. The molecule has 0 N–H and O–H groups in total. The van der Waals surface area contributed by atoms with Crippen LogP contribution >= 0.6 is 0 Å². The molecule has 250 valence electrons. The van der Waals surface area contributed by atoms with Gasteiger partial charge in [-0.1, -0.05) is 0 Å². The van der Waals surface area contributed by atoms with Crippen molar-refractivity contribution in [2.75, 3.05) is 0 Å². The van der Waals surface area contributed by atoms with Crippen LogP contribution < -0.4 is 0 Å². The van der Waals surface area contributed by atoms with Gasteiger partial charge in [0.05, 0.1) is 0 Å². The van der Waals surface area contributed by atoms with E-state index >= 15 is 0 Å². The fourth-order valence-electron chi connectivity index (χ4n) is 8.72. The van der Waals surface area contributed by atoms with Gasteiger partial charge in [-0.2, -0.15) is 0 Å². The van der Waals surface area contributed by atoms with Crippen molar-refractivity contribution in [3.05, 3.63) is 169 Å². The Balaban J connectivity index is 1.23. The Morgan fingerprint density at radius 2 is 0.811 bits per heavy atom. The maximum atomic E-state index is 6.30. The molecule has 3 heteroatoms. The summed E-state index contributed by atoms with van der Waals surface area (Å²) in [5, 5.41) is 12.4. The quantitative estimate of drug-likeness (QED) is 0.133. The number of aryl methyl sites for hydroxylation is 2. The fourth-order valence-corrected chi connectivity index (χ4v) is 11.1. The van der Waals surface area contributed by atoms with Gasteiger partial charge in [0.2, 0.25) is 0 Å². The molecule has 2 nitrogen and oxygen atoms in total. The number of furan rings is 2. The van der Waals surface area contributed by atoms with Crippen molar-refractivity contribution in [2.24, 2.45) is 0 Å². The van der Waals surface area contributed by atoms with Crippen molar-refractivity contribution >= 4 is 76.9 Å². The van der Waals surface area contributed by atoms with Gasteiger partial charge in [-0.3, -0.25) is 0 Å². The monoisotopic (exact) mass is 744 g/mol. The van der Waals surface area contributed by atoms with Crippen molar-refractivity contribution in [3.8, 4) is 44.9 Å². The number of benzene rings is 8. The van der Waals surface area contributed by atoms with E-state index < -0.39 is 0 Å². The standard InChI is InChI=1S/C50H32O2Se/c1-29-22-25-42(51-29)48-36-16-7-3-12-32(36)46(33-13-4-8-17-37(33)48)31-24-27-44-41(28-31)50-40(20-11-21-45(50)53-44)47-34-14-5-9-18-38(34)49(43-26-23-30(2)52-43)39-19-10-6-15-35(39)47/h3-28H,1-2H3. The van der Waals surface area contributed by atoms with Crippen LogP contribution in [0.1, 0.15) is 11.5 Å². The van der Waals surface area contributed by atoms with Gasteiger partial charge in [0.15, 0.2) is 0 Å². The van der Waals surface area contributed by atoms with E-state index in [1.54, 1.807) is 0 Å². The molecule has 0 saturated carbocycles. The summed E-state index contributed by atoms with van der Waals surface area (Å²) in [5.41, 5.74) is 7.36. The van der Waals surface area contributed by atoms with Crippen LogP contribution in [0.4, 0.5) is 0 Å². The third-order valence-electron chi connectivity index (χ3n) is 10.9. The summed E-state index contributed by atoms with van der Waals surface area (Å²) in [6, 6.07) is 57.8. The molecule has 53 heavy (non-hydrogen) atoms. The third kappa shape index (κ3) is 4.58. The molecule has 0 atom stereocenters. The minimum absolute atomic E-state index is 0.196. The summed E-state index contributed by atoms with van der Waals surface area (Å²) in [6.07, 6.45) is 0.